The molecule has 0 aliphatic carbocycles. The molecule has 0 saturated carbocycles. The van der Waals surface area contributed by atoms with Gasteiger partial charge in [-0.1, -0.05) is 0 Å². The molecular weight excluding hydrogens is 306 g/mol. The van der Waals surface area contributed by atoms with Crippen molar-refractivity contribution in [2.45, 2.75) is 33.8 Å². The van der Waals surface area contributed by atoms with E-state index < -0.39 is 0 Å². The van der Waals surface area contributed by atoms with Crippen LogP contribution in [0.1, 0.15) is 27.9 Å². The smallest absolute Gasteiger partial charge is 0.121 e. The lowest BCUT2D eigenvalue weighted by Gasteiger charge is -2.10. The average molecular weight is 327 g/mol. The molecule has 3 rings (SSSR count). The number of hydrogen-bond acceptors (Lipinski definition) is 4. The number of fused-ring (bicyclic) bond motifs is 1. The molecule has 23 heavy (non-hydrogen) atoms. The Labute approximate surface area is 140 Å². The van der Waals surface area contributed by atoms with Crippen molar-refractivity contribution in [1.82, 2.24) is 4.98 Å². The Bertz CT molecular complexity index is 839. The summed E-state index contributed by atoms with van der Waals surface area (Å²) in [6, 6.07) is 6.24. The Morgan fingerprint density at radius 3 is 2.65 bits per heavy atom. The Balaban J connectivity index is 1.83. The van der Waals surface area contributed by atoms with Crippen molar-refractivity contribution in [3.05, 3.63) is 57.7 Å². The van der Waals surface area contributed by atoms with Crippen molar-refractivity contribution in [3.8, 4) is 5.75 Å². The molecule has 120 valence electrons. The largest absolute Gasteiger partial charge is 0.489 e. The first kappa shape index (κ1) is 16.0. The van der Waals surface area contributed by atoms with E-state index >= 15 is 0 Å². The molecular formula is C19H21NO2S. The van der Waals surface area contributed by atoms with Gasteiger partial charge in [-0.15, -0.1) is 11.3 Å². The van der Waals surface area contributed by atoms with Crippen LogP contribution in [-0.2, 0) is 13.0 Å². The topological polar surface area (TPSA) is 42.4 Å². The first-order valence-electron chi connectivity index (χ1n) is 7.75. The van der Waals surface area contributed by atoms with Crippen LogP contribution in [0.5, 0.6) is 5.75 Å². The van der Waals surface area contributed by atoms with Crippen molar-refractivity contribution >= 4 is 21.4 Å². The zero-order valence-corrected chi connectivity index (χ0v) is 14.5. The van der Waals surface area contributed by atoms with Crippen LogP contribution in [0.2, 0.25) is 0 Å². The van der Waals surface area contributed by atoms with Gasteiger partial charge in [0.25, 0.3) is 0 Å². The zero-order chi connectivity index (χ0) is 16.4. The van der Waals surface area contributed by atoms with Gasteiger partial charge in [0.1, 0.15) is 12.4 Å². The third kappa shape index (κ3) is 3.38. The minimum atomic E-state index is 0.184. The van der Waals surface area contributed by atoms with E-state index in [1.165, 1.54) is 26.8 Å². The average Bonchev–Trinajstić information content (AvgIpc) is 2.90. The first-order chi connectivity index (χ1) is 11.1. The third-order valence-electron chi connectivity index (χ3n) is 4.05. The monoisotopic (exact) mass is 327 g/mol. The van der Waals surface area contributed by atoms with Crippen LogP contribution in [0.3, 0.4) is 0 Å². The van der Waals surface area contributed by atoms with Gasteiger partial charge in [-0.25, -0.2) is 0 Å². The number of ether oxygens (including phenoxy) is 1. The van der Waals surface area contributed by atoms with Crippen molar-refractivity contribution < 1.29 is 9.84 Å². The normalized spacial score (nSPS) is 11.1. The lowest BCUT2D eigenvalue weighted by atomic mass is 10.1. The molecule has 0 unspecified atom stereocenters. The molecule has 2 aromatic heterocycles. The lowest BCUT2D eigenvalue weighted by molar-refractivity contribution is 0.300. The van der Waals surface area contributed by atoms with Crippen molar-refractivity contribution in [1.29, 1.82) is 0 Å². The maximum absolute atomic E-state index is 9.17. The molecule has 0 spiro atoms. The summed E-state index contributed by atoms with van der Waals surface area (Å²) < 4.78 is 7.20. The maximum atomic E-state index is 9.17. The zero-order valence-electron chi connectivity index (χ0n) is 13.7. The fourth-order valence-electron chi connectivity index (χ4n) is 2.85. The molecule has 0 atom stereocenters. The lowest BCUT2D eigenvalue weighted by Crippen LogP contribution is -2.00. The van der Waals surface area contributed by atoms with Crippen molar-refractivity contribution in [3.63, 3.8) is 0 Å². The van der Waals surface area contributed by atoms with Crippen LogP contribution in [-0.4, -0.2) is 16.7 Å². The van der Waals surface area contributed by atoms with E-state index in [9.17, 15) is 5.11 Å². The summed E-state index contributed by atoms with van der Waals surface area (Å²) in [4.78, 5) is 4.34. The minimum absolute atomic E-state index is 0.184. The van der Waals surface area contributed by atoms with Gasteiger partial charge >= 0.3 is 0 Å². The standard InChI is InChI=1S/C19H21NO2S/c1-12-6-14(3)20-9-16(12)10-22-17-7-13(2)19-15(4-5-21)11-23-18(19)8-17/h6-9,11,21H,4-5,10H2,1-3H3. The predicted molar refractivity (Wildman–Crippen MR) is 95.4 cm³/mol. The van der Waals surface area contributed by atoms with Crippen LogP contribution < -0.4 is 4.74 Å². The summed E-state index contributed by atoms with van der Waals surface area (Å²) in [5, 5.41) is 12.6. The van der Waals surface area contributed by atoms with Gasteiger partial charge in [-0.05, 0) is 72.8 Å². The summed E-state index contributed by atoms with van der Waals surface area (Å²) in [6.07, 6.45) is 2.59. The second-order valence-electron chi connectivity index (χ2n) is 5.89. The molecule has 1 N–H and O–H groups in total. The van der Waals surface area contributed by atoms with E-state index in [2.05, 4.69) is 42.4 Å². The van der Waals surface area contributed by atoms with E-state index in [0.717, 1.165) is 17.0 Å². The van der Waals surface area contributed by atoms with E-state index in [-0.39, 0.29) is 6.61 Å². The molecule has 3 aromatic rings. The van der Waals surface area contributed by atoms with Crippen LogP contribution in [0, 0.1) is 20.8 Å². The fourth-order valence-corrected chi connectivity index (χ4v) is 3.94. The molecule has 1 aromatic carbocycles. The van der Waals surface area contributed by atoms with Crippen LogP contribution in [0.25, 0.3) is 10.1 Å². The maximum Gasteiger partial charge on any atom is 0.121 e. The van der Waals surface area contributed by atoms with Gasteiger partial charge in [0.2, 0.25) is 0 Å². The summed E-state index contributed by atoms with van der Waals surface area (Å²) in [5.74, 6) is 0.882. The number of aryl methyl sites for hydroxylation is 3. The van der Waals surface area contributed by atoms with Crippen LogP contribution in [0.15, 0.2) is 29.8 Å². The number of hydrogen-bond donors (Lipinski definition) is 1. The highest BCUT2D eigenvalue weighted by Gasteiger charge is 2.09. The number of benzene rings is 1. The number of aromatic nitrogens is 1. The summed E-state index contributed by atoms with van der Waals surface area (Å²) in [5.41, 5.74) is 5.76. The molecule has 0 amide bonds. The molecule has 0 saturated heterocycles. The van der Waals surface area contributed by atoms with Gasteiger partial charge in [0.15, 0.2) is 0 Å². The van der Waals surface area contributed by atoms with E-state index in [0.29, 0.717) is 13.0 Å². The molecule has 0 aliphatic heterocycles. The number of aliphatic hydroxyl groups is 1. The number of thiophene rings is 1. The van der Waals surface area contributed by atoms with Crippen LogP contribution >= 0.6 is 11.3 Å². The highest BCUT2D eigenvalue weighted by Crippen LogP contribution is 2.33. The fraction of sp³-hybridized carbons (Fsp3) is 0.316. The molecule has 0 bridgehead atoms. The van der Waals surface area contributed by atoms with Crippen molar-refractivity contribution in [2.24, 2.45) is 0 Å². The first-order valence-corrected chi connectivity index (χ1v) is 8.63. The molecule has 0 fully saturated rings. The molecule has 0 aliphatic rings. The van der Waals surface area contributed by atoms with Crippen molar-refractivity contribution in [2.75, 3.05) is 6.61 Å². The molecule has 2 heterocycles. The predicted octanol–water partition coefficient (Wildman–Crippen LogP) is 4.34. The Morgan fingerprint density at radius 2 is 1.91 bits per heavy atom. The molecule has 3 nitrogen and oxygen atoms in total. The molecule has 0 radical (unpaired) electrons. The van der Waals surface area contributed by atoms with Crippen LogP contribution in [0.4, 0.5) is 0 Å². The third-order valence-corrected chi connectivity index (χ3v) is 5.03. The van der Waals surface area contributed by atoms with Gasteiger partial charge < -0.3 is 9.84 Å². The van der Waals surface area contributed by atoms with E-state index in [1.807, 2.05) is 13.1 Å². The van der Waals surface area contributed by atoms with Gasteiger partial charge in [-0.3, -0.25) is 4.98 Å². The number of aliphatic hydroxyl groups excluding tert-OH is 1. The summed E-state index contributed by atoms with van der Waals surface area (Å²) >= 11 is 1.71. The van der Waals surface area contributed by atoms with E-state index in [4.69, 9.17) is 4.74 Å². The second kappa shape index (κ2) is 6.69. The number of rotatable bonds is 5. The molecule has 4 heteroatoms. The van der Waals surface area contributed by atoms with Gasteiger partial charge in [0, 0.05) is 28.8 Å². The Kier molecular flexibility index (Phi) is 4.64. The SMILES string of the molecule is Cc1cc(C)c(COc2cc(C)c3c(CCO)csc3c2)cn1. The summed E-state index contributed by atoms with van der Waals surface area (Å²) in [6.45, 7) is 6.89. The second-order valence-corrected chi connectivity index (χ2v) is 6.80. The van der Waals surface area contributed by atoms with Gasteiger partial charge in [0.05, 0.1) is 0 Å². The number of pyridine rings is 1. The quantitative estimate of drug-likeness (QED) is 0.758. The van der Waals surface area contributed by atoms with Gasteiger partial charge in [-0.2, -0.15) is 0 Å². The number of nitrogens with zero attached hydrogens (tertiary/aromatic N) is 1. The highest BCUT2D eigenvalue weighted by atomic mass is 32.1. The minimum Gasteiger partial charge on any atom is -0.489 e. The summed E-state index contributed by atoms with van der Waals surface area (Å²) in [7, 11) is 0. The highest BCUT2D eigenvalue weighted by molar-refractivity contribution is 7.17. The Hall–Kier alpha value is -1.91. The van der Waals surface area contributed by atoms with E-state index in [1.54, 1.807) is 11.3 Å². The Morgan fingerprint density at radius 1 is 1.09 bits per heavy atom.